The molecule has 0 aliphatic heterocycles. The molecule has 0 saturated heterocycles. The Morgan fingerprint density at radius 3 is 2.06 bits per heavy atom. The molecule has 4 aromatic rings. The zero-order chi connectivity index (χ0) is 34.9. The maximum Gasteiger partial charge on any atom is 0.491 e. The number of benzene rings is 4. The summed E-state index contributed by atoms with van der Waals surface area (Å²) in [6.07, 6.45) is -4.87. The van der Waals surface area contributed by atoms with Gasteiger partial charge in [-0.1, -0.05) is 54.6 Å². The minimum atomic E-state index is -5.15. The highest BCUT2D eigenvalue weighted by Crippen LogP contribution is 2.24. The van der Waals surface area contributed by atoms with Crippen molar-refractivity contribution in [2.75, 3.05) is 19.6 Å². The number of carbonyl (C=O) groups excluding carboxylic acids is 3. The molecular weight excluding hydrogens is 649 g/mol. The second kappa shape index (κ2) is 15.7. The normalized spacial score (nSPS) is 11.5. The summed E-state index contributed by atoms with van der Waals surface area (Å²) in [5, 5.41) is 7.94. The van der Waals surface area contributed by atoms with Crippen LogP contribution in [0.1, 0.15) is 27.0 Å². The van der Waals surface area contributed by atoms with Crippen molar-refractivity contribution in [3.05, 3.63) is 119 Å². The third-order valence-corrected chi connectivity index (χ3v) is 8.11. The average molecular weight is 683 g/mol. The van der Waals surface area contributed by atoms with Crippen LogP contribution in [0, 0.1) is 0 Å². The molecule has 10 nitrogen and oxygen atoms in total. The number of primary sulfonamides is 1. The molecule has 5 N–H and O–H groups in total. The number of rotatable bonds is 13. The number of nitrogens with one attached hydrogen (secondary N) is 1. The number of alkyl halides is 3. The van der Waals surface area contributed by atoms with Crippen LogP contribution in [0.15, 0.2) is 102 Å². The van der Waals surface area contributed by atoms with Crippen LogP contribution >= 0.6 is 0 Å². The number of nitrogens with zero attached hydrogens (tertiary/aromatic N) is 1. The second-order valence-electron chi connectivity index (χ2n) is 10.8. The number of sulfonamides is 1. The predicted molar refractivity (Wildman–Crippen MR) is 172 cm³/mol. The summed E-state index contributed by atoms with van der Waals surface area (Å²) in [4.78, 5) is 38.8. The third kappa shape index (κ3) is 10.2. The minimum absolute atomic E-state index is 0.0405. The van der Waals surface area contributed by atoms with Crippen molar-refractivity contribution in [3.63, 3.8) is 0 Å². The summed E-state index contributed by atoms with van der Waals surface area (Å²) in [6, 6.07) is 25.7. The topological polar surface area (TPSA) is 162 Å². The summed E-state index contributed by atoms with van der Waals surface area (Å²) in [6.45, 7) is 1.09. The lowest BCUT2D eigenvalue weighted by Gasteiger charge is -2.24. The van der Waals surface area contributed by atoms with Crippen molar-refractivity contribution < 1.29 is 40.7 Å². The molecule has 0 saturated carbocycles. The van der Waals surface area contributed by atoms with Gasteiger partial charge in [-0.2, -0.15) is 13.2 Å². The molecule has 0 atom stereocenters. The Labute approximate surface area is 275 Å². The van der Waals surface area contributed by atoms with Gasteiger partial charge in [-0.05, 0) is 76.7 Å². The van der Waals surface area contributed by atoms with Crippen molar-refractivity contribution in [3.8, 4) is 16.9 Å². The van der Waals surface area contributed by atoms with E-state index in [-0.39, 0.29) is 42.0 Å². The number of ether oxygens (including phenoxy) is 1. The molecule has 0 unspecified atom stereocenters. The van der Waals surface area contributed by atoms with E-state index in [2.05, 4.69) is 10.1 Å². The fraction of sp³-hybridized carbons (Fsp3) is 0.206. The number of hydrogen-bond acceptors (Lipinski definition) is 7. The predicted octanol–water partition coefficient (Wildman–Crippen LogP) is 3.97. The maximum absolute atomic E-state index is 13.6. The van der Waals surface area contributed by atoms with Crippen LogP contribution < -0.4 is 20.9 Å². The molecular formula is C34H33F3N4O6S. The van der Waals surface area contributed by atoms with Crippen LogP contribution in [0.5, 0.6) is 5.75 Å². The molecule has 0 spiro atoms. The summed E-state index contributed by atoms with van der Waals surface area (Å²) < 4.78 is 65.3. The first-order valence-corrected chi connectivity index (χ1v) is 16.2. The highest BCUT2D eigenvalue weighted by atomic mass is 32.2. The number of nitrogens with two attached hydrogens (primary N) is 2. The van der Waals surface area contributed by atoms with Gasteiger partial charge in [0.25, 0.3) is 5.91 Å². The van der Waals surface area contributed by atoms with Crippen LogP contribution in [0.2, 0.25) is 0 Å². The lowest BCUT2D eigenvalue weighted by molar-refractivity contribution is -0.189. The van der Waals surface area contributed by atoms with Crippen molar-refractivity contribution >= 4 is 27.8 Å². The number of esters is 1. The van der Waals surface area contributed by atoms with Crippen LogP contribution in [0.25, 0.3) is 11.1 Å². The number of hydrogen-bond donors (Lipinski definition) is 3. The van der Waals surface area contributed by atoms with Crippen molar-refractivity contribution in [1.29, 1.82) is 0 Å². The van der Waals surface area contributed by atoms with E-state index in [1.54, 1.807) is 35.2 Å². The molecule has 0 fully saturated rings. The molecule has 0 aromatic heterocycles. The lowest BCUT2D eigenvalue weighted by Crippen LogP contribution is -2.33. The van der Waals surface area contributed by atoms with E-state index in [1.807, 2.05) is 30.3 Å². The van der Waals surface area contributed by atoms with Gasteiger partial charge in [-0.3, -0.25) is 9.59 Å². The monoisotopic (exact) mass is 682 g/mol. The zero-order valence-corrected chi connectivity index (χ0v) is 26.4. The molecule has 0 aliphatic rings. The van der Waals surface area contributed by atoms with Gasteiger partial charge in [-0.15, -0.1) is 0 Å². The number of amides is 2. The molecule has 14 heteroatoms. The lowest BCUT2D eigenvalue weighted by atomic mass is 10.0. The smallest absolute Gasteiger partial charge is 0.420 e. The highest BCUT2D eigenvalue weighted by molar-refractivity contribution is 7.89. The van der Waals surface area contributed by atoms with E-state index in [4.69, 9.17) is 10.9 Å². The van der Waals surface area contributed by atoms with Gasteiger partial charge in [0.05, 0.1) is 11.3 Å². The molecule has 2 amide bonds. The highest BCUT2D eigenvalue weighted by Gasteiger charge is 2.41. The number of halogens is 3. The van der Waals surface area contributed by atoms with Gasteiger partial charge in [0.1, 0.15) is 5.75 Å². The Balaban J connectivity index is 1.54. The van der Waals surface area contributed by atoms with Crippen LogP contribution in [-0.4, -0.2) is 56.9 Å². The van der Waals surface area contributed by atoms with Crippen molar-refractivity contribution in [2.45, 2.75) is 30.5 Å². The molecule has 252 valence electrons. The Morgan fingerprint density at radius 2 is 1.44 bits per heavy atom. The van der Waals surface area contributed by atoms with Crippen LogP contribution in [-0.2, 0) is 39.0 Å². The fourth-order valence-electron chi connectivity index (χ4n) is 4.73. The first kappa shape index (κ1) is 35.8. The Bertz CT molecular complexity index is 1870. The summed E-state index contributed by atoms with van der Waals surface area (Å²) in [5.74, 6) is -3.21. The largest absolute Gasteiger partial charge is 0.491 e. The standard InChI is InChI=1S/C34H33F3N4O6S/c35-34(36,37)33(44)47-29-11-7-24(8-12-29)20-31(42)41(18-15-23-9-13-30(14-10-23)48(39,45)46)22-25-3-1-4-26(19-25)27-5-2-6-28(21-27)32(43)40-17-16-38/h1-14,19,21H,15-18,20,22,38H2,(H,40,43)(H2,39,45,46). The Hall–Kier alpha value is -5.05. The molecule has 0 heterocycles. The van der Waals surface area contributed by atoms with E-state index in [0.29, 0.717) is 30.6 Å². The van der Waals surface area contributed by atoms with Gasteiger partial charge >= 0.3 is 12.1 Å². The SMILES string of the molecule is NCCNC(=O)c1cccc(-c2cccc(CN(CCc3ccc(S(N)(=O)=O)cc3)C(=O)Cc3ccc(OC(=O)C(F)(F)F)cc3)c2)c1. The van der Waals surface area contributed by atoms with E-state index in [1.165, 1.54) is 36.4 Å². The van der Waals surface area contributed by atoms with Gasteiger partial charge < -0.3 is 20.7 Å². The molecule has 0 aliphatic carbocycles. The van der Waals surface area contributed by atoms with Crippen molar-refractivity contribution in [1.82, 2.24) is 10.2 Å². The van der Waals surface area contributed by atoms with E-state index >= 15 is 0 Å². The third-order valence-electron chi connectivity index (χ3n) is 7.18. The molecule has 0 radical (unpaired) electrons. The second-order valence-corrected chi connectivity index (χ2v) is 12.3. The Kier molecular flexibility index (Phi) is 11.7. The molecule has 4 aromatic carbocycles. The summed E-state index contributed by atoms with van der Waals surface area (Å²) in [5.41, 5.74) is 9.59. The van der Waals surface area contributed by atoms with E-state index < -0.39 is 22.2 Å². The first-order chi connectivity index (χ1) is 22.7. The minimum Gasteiger partial charge on any atom is -0.420 e. The summed E-state index contributed by atoms with van der Waals surface area (Å²) in [7, 11) is -3.87. The van der Waals surface area contributed by atoms with Crippen molar-refractivity contribution in [2.24, 2.45) is 10.9 Å². The Morgan fingerprint density at radius 1 is 0.812 bits per heavy atom. The van der Waals surface area contributed by atoms with Gasteiger partial charge in [0.2, 0.25) is 15.9 Å². The van der Waals surface area contributed by atoms with E-state index in [9.17, 15) is 36.0 Å². The molecule has 0 bridgehead atoms. The van der Waals surface area contributed by atoms with Gasteiger partial charge in [0, 0.05) is 31.7 Å². The summed E-state index contributed by atoms with van der Waals surface area (Å²) >= 11 is 0. The fourth-order valence-corrected chi connectivity index (χ4v) is 5.24. The first-order valence-electron chi connectivity index (χ1n) is 14.7. The molecule has 48 heavy (non-hydrogen) atoms. The molecule has 4 rings (SSSR count). The number of carbonyl (C=O) groups is 3. The van der Waals surface area contributed by atoms with E-state index in [0.717, 1.165) is 22.3 Å². The van der Waals surface area contributed by atoms with Crippen LogP contribution in [0.4, 0.5) is 13.2 Å². The zero-order valence-electron chi connectivity index (χ0n) is 25.6. The average Bonchev–Trinajstić information content (AvgIpc) is 3.06. The maximum atomic E-state index is 13.6. The quantitative estimate of drug-likeness (QED) is 0.142. The van der Waals surface area contributed by atoms with Gasteiger partial charge in [-0.25, -0.2) is 18.4 Å². The van der Waals surface area contributed by atoms with Crippen LogP contribution in [0.3, 0.4) is 0 Å². The van der Waals surface area contributed by atoms with Gasteiger partial charge in [0.15, 0.2) is 0 Å².